The summed E-state index contributed by atoms with van der Waals surface area (Å²) in [6.07, 6.45) is 6.20. The summed E-state index contributed by atoms with van der Waals surface area (Å²) >= 11 is 0. The molecule has 1 aliphatic rings. The van der Waals surface area contributed by atoms with Crippen molar-refractivity contribution in [3.8, 4) is 0 Å². The summed E-state index contributed by atoms with van der Waals surface area (Å²) in [5, 5.41) is 0. The Hall–Kier alpha value is -0.460. The van der Waals surface area contributed by atoms with Crippen molar-refractivity contribution in [1.29, 1.82) is 0 Å². The van der Waals surface area contributed by atoms with Crippen molar-refractivity contribution < 1.29 is 0 Å². The molecule has 0 aromatic carbocycles. The Kier molecular flexibility index (Phi) is 2.15. The van der Waals surface area contributed by atoms with Gasteiger partial charge in [-0.3, -0.25) is 0 Å². The highest BCUT2D eigenvalue weighted by atomic mass is 14.6. The first-order valence-corrected chi connectivity index (χ1v) is 3.81. The Morgan fingerprint density at radius 3 is 2.44 bits per heavy atom. The van der Waals surface area contributed by atoms with Crippen LogP contribution in [-0.2, 0) is 0 Å². The Bertz CT molecular complexity index is 125. The molecule has 0 aromatic heterocycles. The SMILES string of the molecule is CCC1=C(N)CCCC1. The van der Waals surface area contributed by atoms with Gasteiger partial charge < -0.3 is 5.73 Å². The summed E-state index contributed by atoms with van der Waals surface area (Å²) in [6.45, 7) is 2.19. The zero-order chi connectivity index (χ0) is 6.69. The van der Waals surface area contributed by atoms with Gasteiger partial charge in [0.25, 0.3) is 0 Å². The second-order valence-corrected chi connectivity index (χ2v) is 2.69. The van der Waals surface area contributed by atoms with Crippen LogP contribution in [0.3, 0.4) is 0 Å². The molecule has 0 fully saturated rings. The molecule has 0 saturated carbocycles. The maximum absolute atomic E-state index is 5.77. The summed E-state index contributed by atoms with van der Waals surface area (Å²) in [5.74, 6) is 0. The van der Waals surface area contributed by atoms with Gasteiger partial charge in [-0.15, -0.1) is 0 Å². The minimum Gasteiger partial charge on any atom is -0.402 e. The molecule has 0 aromatic rings. The van der Waals surface area contributed by atoms with Crippen LogP contribution < -0.4 is 5.73 Å². The van der Waals surface area contributed by atoms with Crippen molar-refractivity contribution in [3.63, 3.8) is 0 Å². The van der Waals surface area contributed by atoms with E-state index in [0.29, 0.717) is 0 Å². The lowest BCUT2D eigenvalue weighted by Gasteiger charge is -2.15. The molecule has 1 nitrogen and oxygen atoms in total. The third kappa shape index (κ3) is 1.47. The number of nitrogens with two attached hydrogens (primary N) is 1. The molecule has 0 unspecified atom stereocenters. The fourth-order valence-corrected chi connectivity index (χ4v) is 1.40. The zero-order valence-corrected chi connectivity index (χ0v) is 6.11. The molecule has 1 rings (SSSR count). The minimum atomic E-state index is 1.14. The Labute approximate surface area is 56.9 Å². The Morgan fingerprint density at radius 1 is 1.33 bits per heavy atom. The molecule has 52 valence electrons. The van der Waals surface area contributed by atoms with Gasteiger partial charge in [-0.2, -0.15) is 0 Å². The summed E-state index contributed by atoms with van der Waals surface area (Å²) in [7, 11) is 0. The number of hydrogen-bond acceptors (Lipinski definition) is 1. The van der Waals surface area contributed by atoms with Gasteiger partial charge in [0.15, 0.2) is 0 Å². The molecule has 0 spiro atoms. The van der Waals surface area contributed by atoms with Crippen molar-refractivity contribution in [3.05, 3.63) is 11.3 Å². The summed E-state index contributed by atoms with van der Waals surface area (Å²) in [4.78, 5) is 0. The monoisotopic (exact) mass is 125 g/mol. The molecular weight excluding hydrogens is 110 g/mol. The molecule has 0 heterocycles. The van der Waals surface area contributed by atoms with Gasteiger partial charge in [-0.1, -0.05) is 12.5 Å². The van der Waals surface area contributed by atoms with Crippen molar-refractivity contribution in [2.45, 2.75) is 39.0 Å². The first-order valence-electron chi connectivity index (χ1n) is 3.81. The summed E-state index contributed by atoms with van der Waals surface area (Å²) in [5.41, 5.74) is 8.44. The van der Waals surface area contributed by atoms with E-state index in [0.717, 1.165) is 12.8 Å². The fourth-order valence-electron chi connectivity index (χ4n) is 1.40. The minimum absolute atomic E-state index is 1.14. The standard InChI is InChI=1S/C8H15N/c1-2-7-5-3-4-6-8(7)9/h2-6,9H2,1H3. The van der Waals surface area contributed by atoms with Crippen molar-refractivity contribution >= 4 is 0 Å². The molecular formula is C8H15N. The Balaban J connectivity index is 2.59. The number of rotatable bonds is 1. The van der Waals surface area contributed by atoms with Gasteiger partial charge in [-0.25, -0.2) is 0 Å². The second-order valence-electron chi connectivity index (χ2n) is 2.69. The van der Waals surface area contributed by atoms with Crippen molar-refractivity contribution in [2.24, 2.45) is 5.73 Å². The molecule has 1 heteroatoms. The van der Waals surface area contributed by atoms with Crippen LogP contribution in [-0.4, -0.2) is 0 Å². The van der Waals surface area contributed by atoms with Gasteiger partial charge in [0.1, 0.15) is 0 Å². The first kappa shape index (κ1) is 6.66. The zero-order valence-electron chi connectivity index (χ0n) is 6.11. The average Bonchev–Trinajstić information content (AvgIpc) is 1.89. The molecule has 0 bridgehead atoms. The van der Waals surface area contributed by atoms with Gasteiger partial charge in [0.2, 0.25) is 0 Å². The van der Waals surface area contributed by atoms with Crippen molar-refractivity contribution in [2.75, 3.05) is 0 Å². The van der Waals surface area contributed by atoms with E-state index in [-0.39, 0.29) is 0 Å². The normalized spacial score (nSPS) is 20.6. The van der Waals surface area contributed by atoms with Crippen LogP contribution >= 0.6 is 0 Å². The highest BCUT2D eigenvalue weighted by Crippen LogP contribution is 2.22. The third-order valence-electron chi connectivity index (χ3n) is 2.06. The van der Waals surface area contributed by atoms with Crippen LogP contribution in [0.1, 0.15) is 39.0 Å². The van der Waals surface area contributed by atoms with E-state index >= 15 is 0 Å². The fraction of sp³-hybridized carbons (Fsp3) is 0.750. The molecule has 9 heavy (non-hydrogen) atoms. The van der Waals surface area contributed by atoms with Crippen LogP contribution in [0.25, 0.3) is 0 Å². The maximum Gasteiger partial charge on any atom is 0.00722 e. The van der Waals surface area contributed by atoms with E-state index < -0.39 is 0 Å². The topological polar surface area (TPSA) is 26.0 Å². The Morgan fingerprint density at radius 2 is 2.00 bits per heavy atom. The smallest absolute Gasteiger partial charge is 0.00722 e. The molecule has 0 radical (unpaired) electrons. The van der Waals surface area contributed by atoms with Crippen LogP contribution in [0.4, 0.5) is 0 Å². The van der Waals surface area contributed by atoms with E-state index in [1.807, 2.05) is 0 Å². The van der Waals surface area contributed by atoms with E-state index in [2.05, 4.69) is 6.92 Å². The van der Waals surface area contributed by atoms with E-state index in [4.69, 9.17) is 5.73 Å². The maximum atomic E-state index is 5.77. The first-order chi connectivity index (χ1) is 4.34. The van der Waals surface area contributed by atoms with Gasteiger partial charge in [-0.05, 0) is 32.1 Å². The highest BCUT2D eigenvalue weighted by Gasteiger charge is 2.06. The molecule has 2 N–H and O–H groups in total. The molecule has 0 amide bonds. The lowest BCUT2D eigenvalue weighted by atomic mass is 9.95. The van der Waals surface area contributed by atoms with Crippen LogP contribution in [0.2, 0.25) is 0 Å². The second kappa shape index (κ2) is 2.90. The van der Waals surface area contributed by atoms with Crippen LogP contribution in [0, 0.1) is 0 Å². The van der Waals surface area contributed by atoms with Gasteiger partial charge in [0, 0.05) is 5.70 Å². The number of allylic oxidation sites excluding steroid dienone is 2. The predicted molar refractivity (Wildman–Crippen MR) is 40.0 cm³/mol. The van der Waals surface area contributed by atoms with E-state index in [1.165, 1.54) is 30.5 Å². The summed E-state index contributed by atoms with van der Waals surface area (Å²) in [6, 6.07) is 0. The molecule has 0 aliphatic heterocycles. The lowest BCUT2D eigenvalue weighted by Crippen LogP contribution is -2.06. The lowest BCUT2D eigenvalue weighted by molar-refractivity contribution is 0.650. The van der Waals surface area contributed by atoms with E-state index in [9.17, 15) is 0 Å². The van der Waals surface area contributed by atoms with Crippen LogP contribution in [0.15, 0.2) is 11.3 Å². The molecule has 0 atom stereocenters. The highest BCUT2D eigenvalue weighted by molar-refractivity contribution is 5.12. The van der Waals surface area contributed by atoms with Gasteiger partial charge >= 0.3 is 0 Å². The van der Waals surface area contributed by atoms with E-state index in [1.54, 1.807) is 0 Å². The molecule has 1 aliphatic carbocycles. The number of hydrogen-bond donors (Lipinski definition) is 1. The summed E-state index contributed by atoms with van der Waals surface area (Å²) < 4.78 is 0. The average molecular weight is 125 g/mol. The quantitative estimate of drug-likeness (QED) is 0.571. The van der Waals surface area contributed by atoms with Gasteiger partial charge in [0.05, 0.1) is 0 Å². The molecule has 0 saturated heterocycles. The van der Waals surface area contributed by atoms with Crippen molar-refractivity contribution in [1.82, 2.24) is 0 Å². The third-order valence-corrected chi connectivity index (χ3v) is 2.06. The van der Waals surface area contributed by atoms with Crippen LogP contribution in [0.5, 0.6) is 0 Å². The predicted octanol–water partition coefficient (Wildman–Crippen LogP) is 2.18. The largest absolute Gasteiger partial charge is 0.402 e.